The van der Waals surface area contributed by atoms with Gasteiger partial charge in [0, 0.05) is 24.7 Å². The van der Waals surface area contributed by atoms with Gasteiger partial charge in [-0.1, -0.05) is 24.3 Å². The molecule has 0 saturated carbocycles. The molecule has 0 spiro atoms. The zero-order valence-electron chi connectivity index (χ0n) is 17.0. The van der Waals surface area contributed by atoms with Crippen molar-refractivity contribution in [1.29, 1.82) is 0 Å². The van der Waals surface area contributed by atoms with Crippen molar-refractivity contribution < 1.29 is 4.42 Å². The van der Waals surface area contributed by atoms with E-state index in [-0.39, 0.29) is 6.04 Å². The number of aromatic nitrogens is 1. The van der Waals surface area contributed by atoms with E-state index in [2.05, 4.69) is 57.8 Å². The number of hydrogen-bond acceptors (Lipinski definition) is 4. The van der Waals surface area contributed by atoms with Gasteiger partial charge in [-0.15, -0.1) is 0 Å². The Hall–Kier alpha value is -2.86. The van der Waals surface area contributed by atoms with Crippen LogP contribution >= 0.6 is 0 Å². The third-order valence-corrected chi connectivity index (χ3v) is 5.38. The van der Waals surface area contributed by atoms with Crippen molar-refractivity contribution in [3.63, 3.8) is 0 Å². The van der Waals surface area contributed by atoms with Crippen LogP contribution in [0.5, 0.6) is 0 Å². The lowest BCUT2D eigenvalue weighted by atomic mass is 10.1. The first-order chi connectivity index (χ1) is 14.3. The minimum Gasteiger partial charge on any atom is -0.468 e. The van der Waals surface area contributed by atoms with Gasteiger partial charge in [0.05, 0.1) is 24.4 Å². The van der Waals surface area contributed by atoms with Crippen LogP contribution in [0.3, 0.4) is 0 Å². The van der Waals surface area contributed by atoms with Gasteiger partial charge in [0.15, 0.2) is 5.96 Å². The molecule has 152 valence electrons. The first-order valence-electron chi connectivity index (χ1n) is 10.5. The van der Waals surface area contributed by atoms with Crippen LogP contribution in [0.25, 0.3) is 10.9 Å². The molecule has 3 aromatic rings. The van der Waals surface area contributed by atoms with Gasteiger partial charge in [0.2, 0.25) is 0 Å². The lowest BCUT2D eigenvalue weighted by Crippen LogP contribution is -2.42. The van der Waals surface area contributed by atoms with Gasteiger partial charge in [-0.2, -0.15) is 0 Å². The minimum atomic E-state index is 0.218. The Morgan fingerprint density at radius 2 is 2.00 bits per heavy atom. The fourth-order valence-electron chi connectivity index (χ4n) is 3.94. The third kappa shape index (κ3) is 4.77. The number of furan rings is 1. The van der Waals surface area contributed by atoms with E-state index in [9.17, 15) is 0 Å². The number of nitrogens with zero attached hydrogens (tertiary/aromatic N) is 3. The van der Waals surface area contributed by atoms with E-state index in [1.807, 2.05) is 18.3 Å². The molecule has 4 rings (SSSR count). The van der Waals surface area contributed by atoms with Gasteiger partial charge >= 0.3 is 0 Å². The lowest BCUT2D eigenvalue weighted by molar-refractivity contribution is 0.215. The molecule has 6 heteroatoms. The van der Waals surface area contributed by atoms with Gasteiger partial charge in [0.1, 0.15) is 5.76 Å². The number of hydrogen-bond donors (Lipinski definition) is 2. The number of pyridine rings is 1. The van der Waals surface area contributed by atoms with E-state index in [4.69, 9.17) is 9.41 Å². The Balaban J connectivity index is 1.48. The van der Waals surface area contributed by atoms with Crippen molar-refractivity contribution in [2.45, 2.75) is 32.4 Å². The van der Waals surface area contributed by atoms with Crippen molar-refractivity contribution in [3.05, 3.63) is 66.2 Å². The second-order valence-electron chi connectivity index (χ2n) is 7.34. The highest BCUT2D eigenvalue weighted by molar-refractivity contribution is 5.83. The highest BCUT2D eigenvalue weighted by atomic mass is 16.3. The number of likely N-dealkylation sites (tertiary alicyclic amines) is 1. The molecule has 0 amide bonds. The second kappa shape index (κ2) is 9.56. The first kappa shape index (κ1) is 19.5. The Labute approximate surface area is 172 Å². The molecule has 1 fully saturated rings. The number of rotatable bonds is 7. The number of para-hydroxylation sites is 1. The largest absolute Gasteiger partial charge is 0.468 e. The first-order valence-corrected chi connectivity index (χ1v) is 10.5. The SMILES string of the molecule is CCNC(=NCc1cccc2cccnc12)NCC(c1ccco1)N1CCCC1. The van der Waals surface area contributed by atoms with Crippen molar-refractivity contribution in [2.75, 3.05) is 26.2 Å². The summed E-state index contributed by atoms with van der Waals surface area (Å²) in [6.07, 6.45) is 6.09. The maximum absolute atomic E-state index is 5.73. The van der Waals surface area contributed by atoms with Crippen LogP contribution in [0.2, 0.25) is 0 Å². The number of guanidine groups is 1. The number of aliphatic imine (C=N–C) groups is 1. The highest BCUT2D eigenvalue weighted by Crippen LogP contribution is 2.25. The summed E-state index contributed by atoms with van der Waals surface area (Å²) in [5.41, 5.74) is 2.14. The molecule has 1 atom stereocenters. The van der Waals surface area contributed by atoms with E-state index in [1.54, 1.807) is 6.26 Å². The molecule has 2 N–H and O–H groups in total. The molecule has 1 saturated heterocycles. The molecule has 1 aromatic carbocycles. The topological polar surface area (TPSA) is 65.7 Å². The van der Waals surface area contributed by atoms with E-state index >= 15 is 0 Å². The molecule has 3 heterocycles. The van der Waals surface area contributed by atoms with Crippen molar-refractivity contribution >= 4 is 16.9 Å². The number of nitrogens with one attached hydrogen (secondary N) is 2. The number of fused-ring (bicyclic) bond motifs is 1. The third-order valence-electron chi connectivity index (χ3n) is 5.38. The zero-order chi connectivity index (χ0) is 19.9. The molecule has 6 nitrogen and oxygen atoms in total. The van der Waals surface area contributed by atoms with Crippen molar-refractivity contribution in [3.8, 4) is 0 Å². The zero-order valence-corrected chi connectivity index (χ0v) is 17.0. The van der Waals surface area contributed by atoms with Crippen molar-refractivity contribution in [2.24, 2.45) is 4.99 Å². The quantitative estimate of drug-likeness (QED) is 0.475. The van der Waals surface area contributed by atoms with Crippen LogP contribution in [0.4, 0.5) is 0 Å². The van der Waals surface area contributed by atoms with E-state index in [0.717, 1.165) is 54.4 Å². The van der Waals surface area contributed by atoms with E-state index in [1.165, 1.54) is 12.8 Å². The normalized spacial score (nSPS) is 16.2. The summed E-state index contributed by atoms with van der Waals surface area (Å²) in [4.78, 5) is 11.8. The summed E-state index contributed by atoms with van der Waals surface area (Å²) in [6, 6.07) is 14.5. The summed E-state index contributed by atoms with van der Waals surface area (Å²) in [7, 11) is 0. The maximum atomic E-state index is 5.73. The standard InChI is InChI=1S/C23H29N5O/c1-2-24-23(26-16-19-9-5-8-18-10-6-12-25-22(18)19)27-17-20(21-11-7-15-29-21)28-13-3-4-14-28/h5-12,15,20H,2-4,13-14,16-17H2,1H3,(H2,24,26,27). The average molecular weight is 392 g/mol. The molecule has 1 aliphatic heterocycles. The smallest absolute Gasteiger partial charge is 0.191 e. The number of benzene rings is 1. The van der Waals surface area contributed by atoms with Gasteiger partial charge in [-0.3, -0.25) is 9.88 Å². The van der Waals surface area contributed by atoms with Crippen LogP contribution in [0.1, 0.15) is 37.1 Å². The summed E-state index contributed by atoms with van der Waals surface area (Å²) in [5, 5.41) is 8.03. The predicted molar refractivity (Wildman–Crippen MR) is 117 cm³/mol. The van der Waals surface area contributed by atoms with Crippen LogP contribution in [0, 0.1) is 0 Å². The summed E-state index contributed by atoms with van der Waals surface area (Å²) in [6.45, 7) is 6.46. The molecule has 1 aliphatic rings. The lowest BCUT2D eigenvalue weighted by Gasteiger charge is -2.26. The van der Waals surface area contributed by atoms with Gasteiger partial charge in [0.25, 0.3) is 0 Å². The molecule has 0 aliphatic carbocycles. The molecule has 0 radical (unpaired) electrons. The summed E-state index contributed by atoms with van der Waals surface area (Å²) >= 11 is 0. The fraction of sp³-hybridized carbons (Fsp3) is 0.391. The average Bonchev–Trinajstić information content (AvgIpc) is 3.47. The predicted octanol–water partition coefficient (Wildman–Crippen LogP) is 3.72. The van der Waals surface area contributed by atoms with Crippen LogP contribution < -0.4 is 10.6 Å². The van der Waals surface area contributed by atoms with Crippen LogP contribution in [0.15, 0.2) is 64.3 Å². The van der Waals surface area contributed by atoms with Gasteiger partial charge < -0.3 is 15.1 Å². The Morgan fingerprint density at radius 1 is 1.14 bits per heavy atom. The summed E-state index contributed by atoms with van der Waals surface area (Å²) in [5.74, 6) is 1.82. The minimum absolute atomic E-state index is 0.218. The maximum Gasteiger partial charge on any atom is 0.191 e. The van der Waals surface area contributed by atoms with Crippen LogP contribution in [-0.4, -0.2) is 42.0 Å². The monoisotopic (exact) mass is 391 g/mol. The second-order valence-corrected chi connectivity index (χ2v) is 7.34. The van der Waals surface area contributed by atoms with E-state index in [0.29, 0.717) is 6.54 Å². The Kier molecular flexibility index (Phi) is 6.42. The molecular weight excluding hydrogens is 362 g/mol. The van der Waals surface area contributed by atoms with Gasteiger partial charge in [-0.05, 0) is 56.6 Å². The van der Waals surface area contributed by atoms with E-state index < -0.39 is 0 Å². The fourth-order valence-corrected chi connectivity index (χ4v) is 3.94. The summed E-state index contributed by atoms with van der Waals surface area (Å²) < 4.78 is 5.73. The molecule has 2 aromatic heterocycles. The van der Waals surface area contributed by atoms with Crippen molar-refractivity contribution in [1.82, 2.24) is 20.5 Å². The molecular formula is C23H29N5O. The molecule has 29 heavy (non-hydrogen) atoms. The molecule has 1 unspecified atom stereocenters. The van der Waals surface area contributed by atoms with Gasteiger partial charge in [-0.25, -0.2) is 4.99 Å². The van der Waals surface area contributed by atoms with Crippen LogP contribution in [-0.2, 0) is 6.54 Å². The Bertz CT molecular complexity index is 926. The molecule has 0 bridgehead atoms. The highest BCUT2D eigenvalue weighted by Gasteiger charge is 2.25. The Morgan fingerprint density at radius 3 is 2.79 bits per heavy atom.